The van der Waals surface area contributed by atoms with Gasteiger partial charge in [0.25, 0.3) is 5.91 Å². The number of carbonyl (C=O) groups is 1. The molecule has 0 atom stereocenters. The molecule has 0 unspecified atom stereocenters. The van der Waals surface area contributed by atoms with Crippen LogP contribution in [0.15, 0.2) is 29.2 Å². The van der Waals surface area contributed by atoms with Gasteiger partial charge in [-0.3, -0.25) is 4.79 Å². The number of anilines is 1. The first kappa shape index (κ1) is 22.7. The van der Waals surface area contributed by atoms with Crippen LogP contribution in [0.2, 0.25) is 0 Å². The summed E-state index contributed by atoms with van der Waals surface area (Å²) in [7, 11) is -3.55. The Labute approximate surface area is 183 Å². The van der Waals surface area contributed by atoms with Crippen molar-refractivity contribution < 1.29 is 13.2 Å². The number of fused-ring (bicyclic) bond motifs is 1. The molecule has 1 aromatic heterocycles. The predicted octanol–water partition coefficient (Wildman–Crippen LogP) is 3.82. The van der Waals surface area contributed by atoms with Gasteiger partial charge in [-0.15, -0.1) is 11.8 Å². The first-order valence-corrected chi connectivity index (χ1v) is 13.1. The Hall–Kier alpha value is -2.00. The Morgan fingerprint density at radius 2 is 2.03 bits per heavy atom. The second-order valence-electron chi connectivity index (χ2n) is 8.18. The van der Waals surface area contributed by atoms with Crippen LogP contribution in [0.5, 0.6) is 0 Å². The van der Waals surface area contributed by atoms with Crippen LogP contribution >= 0.6 is 11.8 Å². The van der Waals surface area contributed by atoms with Gasteiger partial charge in [-0.2, -0.15) is 9.89 Å². The number of aromatic nitrogens is 2. The molecule has 7 nitrogen and oxygen atoms in total. The normalized spacial score (nSPS) is 13.7. The van der Waals surface area contributed by atoms with Crippen molar-refractivity contribution in [1.82, 2.24) is 9.89 Å². The van der Waals surface area contributed by atoms with E-state index >= 15 is 0 Å². The van der Waals surface area contributed by atoms with Crippen LogP contribution in [0.25, 0.3) is 0 Å². The van der Waals surface area contributed by atoms with Crippen molar-refractivity contribution >= 4 is 33.4 Å². The first-order valence-electron chi connectivity index (χ1n) is 10.3. The summed E-state index contributed by atoms with van der Waals surface area (Å²) in [5.41, 5.74) is 2.80. The number of benzene rings is 1. The van der Waals surface area contributed by atoms with Gasteiger partial charge in [-0.05, 0) is 61.3 Å². The average molecular weight is 451 g/mol. The maximum Gasteiger partial charge on any atom is 0.278 e. The van der Waals surface area contributed by atoms with Gasteiger partial charge < -0.3 is 4.90 Å². The van der Waals surface area contributed by atoms with Gasteiger partial charge in [-0.1, -0.05) is 26.7 Å². The van der Waals surface area contributed by atoms with Crippen molar-refractivity contribution in [3.05, 3.63) is 41.2 Å². The number of amides is 1. The highest BCUT2D eigenvalue weighted by Crippen LogP contribution is 2.33. The molecule has 1 N–H and O–H groups in total. The maximum absolute atomic E-state index is 13.1. The molecule has 2 aromatic rings. The number of hydrogen-bond acceptors (Lipinski definition) is 5. The molecule has 0 saturated heterocycles. The van der Waals surface area contributed by atoms with E-state index in [-0.39, 0.29) is 11.6 Å². The average Bonchev–Trinajstić information content (AvgIpc) is 3.22. The summed E-state index contributed by atoms with van der Waals surface area (Å²) in [6.45, 7) is 6.80. The van der Waals surface area contributed by atoms with Gasteiger partial charge in [0.05, 0.1) is 11.9 Å². The molecule has 164 valence electrons. The van der Waals surface area contributed by atoms with E-state index in [4.69, 9.17) is 0 Å². The second-order valence-corrected chi connectivity index (χ2v) is 11.1. The predicted molar refractivity (Wildman–Crippen MR) is 122 cm³/mol. The molecule has 0 saturated carbocycles. The maximum atomic E-state index is 13.1. The van der Waals surface area contributed by atoms with E-state index in [0.717, 1.165) is 40.4 Å². The number of hydrogen-bond donors (Lipinski definition) is 1. The third kappa shape index (κ3) is 5.78. The highest BCUT2D eigenvalue weighted by molar-refractivity contribution is 7.99. The van der Waals surface area contributed by atoms with Gasteiger partial charge in [0.15, 0.2) is 5.69 Å². The highest BCUT2D eigenvalue weighted by atomic mass is 32.2. The van der Waals surface area contributed by atoms with Crippen LogP contribution in [-0.2, 0) is 16.4 Å². The number of rotatable bonds is 9. The third-order valence-electron chi connectivity index (χ3n) is 4.94. The fourth-order valence-corrected chi connectivity index (χ4v) is 4.97. The van der Waals surface area contributed by atoms with Gasteiger partial charge in [0.2, 0.25) is 10.0 Å². The van der Waals surface area contributed by atoms with Gasteiger partial charge in [0, 0.05) is 17.1 Å². The van der Waals surface area contributed by atoms with E-state index in [2.05, 4.69) is 35.9 Å². The lowest BCUT2D eigenvalue weighted by Gasteiger charge is -2.18. The summed E-state index contributed by atoms with van der Waals surface area (Å²) in [5, 5.41) is 4.09. The van der Waals surface area contributed by atoms with Crippen molar-refractivity contribution in [2.75, 3.05) is 28.3 Å². The lowest BCUT2D eigenvalue weighted by molar-refractivity contribution is 0.0981. The molecule has 1 amide bonds. The monoisotopic (exact) mass is 450 g/mol. The molecule has 3 rings (SSSR count). The molecular formula is C21H30N4O3S2. The Morgan fingerprint density at radius 1 is 1.27 bits per heavy atom. The van der Waals surface area contributed by atoms with Crippen molar-refractivity contribution in [2.45, 2.75) is 51.3 Å². The standard InChI is InChI=1S/C21H30N4O3S2/c1-15(2)7-5-6-12-29-18-8-9-19-17(14-18)10-11-24(19)21(26)20-13-16(3)22-25(20)23-30(4,27)28/h8-9,13-15,23H,5-7,10-12H2,1-4H3. The number of carbonyl (C=O) groups excluding carboxylic acids is 1. The SMILES string of the molecule is Cc1cc(C(=O)N2CCc3cc(SCCCCC(C)C)ccc32)n(NS(C)(=O)=O)n1. The van der Waals surface area contributed by atoms with Crippen LogP contribution < -0.4 is 9.73 Å². The molecule has 2 heterocycles. The number of aryl methyl sites for hydroxylation is 1. The summed E-state index contributed by atoms with van der Waals surface area (Å²) in [6.07, 6.45) is 5.56. The topological polar surface area (TPSA) is 84.3 Å². The van der Waals surface area contributed by atoms with Crippen LogP contribution in [0.1, 0.15) is 54.9 Å². The molecule has 0 spiro atoms. The molecule has 0 bridgehead atoms. The van der Waals surface area contributed by atoms with Crippen LogP contribution in [0.4, 0.5) is 5.69 Å². The largest absolute Gasteiger partial charge is 0.306 e. The zero-order valence-corrected chi connectivity index (χ0v) is 19.6. The van der Waals surface area contributed by atoms with Crippen molar-refractivity contribution in [2.24, 2.45) is 5.92 Å². The van der Waals surface area contributed by atoms with Gasteiger partial charge >= 0.3 is 0 Å². The van der Waals surface area contributed by atoms with Gasteiger partial charge in [0.1, 0.15) is 0 Å². The van der Waals surface area contributed by atoms with E-state index in [9.17, 15) is 13.2 Å². The number of unbranched alkanes of at least 4 members (excludes halogenated alkanes) is 1. The summed E-state index contributed by atoms with van der Waals surface area (Å²) in [5.74, 6) is 1.59. The van der Waals surface area contributed by atoms with Crippen molar-refractivity contribution in [3.63, 3.8) is 0 Å². The molecule has 30 heavy (non-hydrogen) atoms. The summed E-state index contributed by atoms with van der Waals surface area (Å²) in [6, 6.07) is 7.83. The Bertz CT molecular complexity index is 1020. The van der Waals surface area contributed by atoms with Crippen LogP contribution in [0, 0.1) is 12.8 Å². The minimum Gasteiger partial charge on any atom is -0.306 e. The highest BCUT2D eigenvalue weighted by Gasteiger charge is 2.29. The Kier molecular flexibility index (Phi) is 7.13. The second kappa shape index (κ2) is 9.43. The van der Waals surface area contributed by atoms with Gasteiger partial charge in [-0.25, -0.2) is 13.2 Å². The molecule has 9 heteroatoms. The number of nitrogens with one attached hydrogen (secondary N) is 1. The molecule has 0 radical (unpaired) electrons. The molecule has 0 fully saturated rings. The van der Waals surface area contributed by atoms with E-state index < -0.39 is 10.0 Å². The minimum absolute atomic E-state index is 0.203. The smallest absolute Gasteiger partial charge is 0.278 e. The minimum atomic E-state index is -3.55. The van der Waals surface area contributed by atoms with E-state index in [1.807, 2.05) is 17.8 Å². The zero-order valence-electron chi connectivity index (χ0n) is 18.0. The molecule has 1 aliphatic rings. The summed E-state index contributed by atoms with van der Waals surface area (Å²) < 4.78 is 23.2. The molecule has 0 aliphatic carbocycles. The summed E-state index contributed by atoms with van der Waals surface area (Å²) in [4.78, 5) is 19.4. The Morgan fingerprint density at radius 3 is 2.73 bits per heavy atom. The number of thioether (sulfide) groups is 1. The first-order chi connectivity index (χ1) is 14.1. The van der Waals surface area contributed by atoms with E-state index in [1.54, 1.807) is 17.9 Å². The van der Waals surface area contributed by atoms with Crippen LogP contribution in [-0.4, -0.2) is 42.8 Å². The zero-order chi connectivity index (χ0) is 21.9. The number of nitrogens with zero attached hydrogens (tertiary/aromatic N) is 3. The molecular weight excluding hydrogens is 420 g/mol. The van der Waals surface area contributed by atoms with Crippen molar-refractivity contribution in [3.8, 4) is 0 Å². The van der Waals surface area contributed by atoms with Crippen LogP contribution in [0.3, 0.4) is 0 Å². The molecule has 1 aromatic carbocycles. The Balaban J connectivity index is 1.69. The fraction of sp³-hybridized carbons (Fsp3) is 0.524. The quantitative estimate of drug-likeness (QED) is 0.464. The van der Waals surface area contributed by atoms with E-state index in [0.29, 0.717) is 12.2 Å². The lowest BCUT2D eigenvalue weighted by atomic mass is 10.1. The lowest BCUT2D eigenvalue weighted by Crippen LogP contribution is -2.34. The van der Waals surface area contributed by atoms with E-state index in [1.165, 1.54) is 24.2 Å². The molecule has 1 aliphatic heterocycles. The third-order valence-corrected chi connectivity index (χ3v) is 6.52. The van der Waals surface area contributed by atoms with Crippen molar-refractivity contribution in [1.29, 1.82) is 0 Å². The fourth-order valence-electron chi connectivity index (χ4n) is 3.54. The summed E-state index contributed by atoms with van der Waals surface area (Å²) >= 11 is 1.86. The number of sulfonamides is 1.